The summed E-state index contributed by atoms with van der Waals surface area (Å²) >= 11 is 1.81. The van der Waals surface area contributed by atoms with Crippen molar-refractivity contribution in [3.8, 4) is 49.6 Å². The molecule has 0 fully saturated rings. The fourth-order valence-corrected chi connectivity index (χ4v) is 6.91. The first-order valence-corrected chi connectivity index (χ1v) is 16.1. The molecule has 41 heavy (non-hydrogen) atoms. The Morgan fingerprint density at radius 1 is 0.585 bits per heavy atom. The molecule has 5 aromatic rings. The Hall–Kier alpha value is -3.62. The molecule has 1 aliphatic carbocycles. The summed E-state index contributed by atoms with van der Waals surface area (Å²) in [6.45, 7) is 7.79. The van der Waals surface area contributed by atoms with E-state index in [0.717, 1.165) is 18.8 Å². The minimum atomic E-state index is -0.0350. The van der Waals surface area contributed by atoms with E-state index in [2.05, 4.69) is 123 Å². The Morgan fingerprint density at radius 3 is 1.76 bits per heavy atom. The van der Waals surface area contributed by atoms with E-state index < -0.39 is 0 Å². The van der Waals surface area contributed by atoms with Gasteiger partial charge in [-0.1, -0.05) is 120 Å². The molecule has 208 valence electrons. The van der Waals surface area contributed by atoms with Gasteiger partial charge in [0, 0.05) is 10.3 Å². The average molecular weight is 557 g/mol. The molecule has 1 aromatic heterocycles. The van der Waals surface area contributed by atoms with Gasteiger partial charge in [-0.3, -0.25) is 0 Å². The predicted octanol–water partition coefficient (Wildman–Crippen LogP) is 11.8. The number of thiophene rings is 1. The van der Waals surface area contributed by atoms with E-state index in [9.17, 15) is 0 Å². The zero-order valence-electron chi connectivity index (χ0n) is 24.6. The van der Waals surface area contributed by atoms with Gasteiger partial charge in [-0.2, -0.15) is 0 Å². The molecular weight excluding hydrogens is 516 g/mol. The molecule has 6 rings (SSSR count). The topological polar surface area (TPSA) is 9.23 Å². The van der Waals surface area contributed by atoms with Crippen LogP contribution in [-0.4, -0.2) is 6.61 Å². The van der Waals surface area contributed by atoms with E-state index >= 15 is 0 Å². The molecule has 0 bridgehead atoms. The Balaban J connectivity index is 1.14. The number of ether oxygens (including phenoxy) is 1. The number of rotatable bonds is 11. The van der Waals surface area contributed by atoms with Crippen molar-refractivity contribution in [2.24, 2.45) is 0 Å². The van der Waals surface area contributed by atoms with Gasteiger partial charge in [0.05, 0.1) is 6.61 Å². The average Bonchev–Trinajstić information content (AvgIpc) is 3.62. The summed E-state index contributed by atoms with van der Waals surface area (Å²) in [7, 11) is 0. The lowest BCUT2D eigenvalue weighted by Crippen LogP contribution is -2.15. The predicted molar refractivity (Wildman–Crippen MR) is 177 cm³/mol. The van der Waals surface area contributed by atoms with Gasteiger partial charge in [-0.15, -0.1) is 11.3 Å². The van der Waals surface area contributed by atoms with Crippen molar-refractivity contribution >= 4 is 11.3 Å². The van der Waals surface area contributed by atoms with E-state index in [1.54, 1.807) is 11.3 Å². The summed E-state index contributed by atoms with van der Waals surface area (Å²) in [6, 6.07) is 35.9. The lowest BCUT2D eigenvalue weighted by Gasteiger charge is -2.22. The summed E-state index contributed by atoms with van der Waals surface area (Å²) in [5, 5.41) is 2.15. The third kappa shape index (κ3) is 5.76. The van der Waals surface area contributed by atoms with E-state index in [-0.39, 0.29) is 5.41 Å². The fourth-order valence-electron chi connectivity index (χ4n) is 6.18. The van der Waals surface area contributed by atoms with Crippen LogP contribution in [0.3, 0.4) is 0 Å². The van der Waals surface area contributed by atoms with E-state index in [0.29, 0.717) is 0 Å². The molecule has 0 atom stereocenters. The monoisotopic (exact) mass is 556 g/mol. The minimum absolute atomic E-state index is 0.0350. The molecular formula is C39H40OS. The van der Waals surface area contributed by atoms with Crippen molar-refractivity contribution in [3.63, 3.8) is 0 Å². The summed E-state index contributed by atoms with van der Waals surface area (Å²) in [5.41, 5.74) is 11.8. The maximum Gasteiger partial charge on any atom is 0.119 e. The number of fused-ring (bicyclic) bond motifs is 3. The van der Waals surface area contributed by atoms with Crippen LogP contribution in [0.5, 0.6) is 5.75 Å². The first-order valence-electron chi connectivity index (χ1n) is 15.2. The van der Waals surface area contributed by atoms with Crippen molar-refractivity contribution < 1.29 is 4.74 Å². The quantitative estimate of drug-likeness (QED) is 0.147. The maximum absolute atomic E-state index is 5.98. The molecule has 2 heteroatoms. The summed E-state index contributed by atoms with van der Waals surface area (Å²) in [4.78, 5) is 1.33. The van der Waals surface area contributed by atoms with E-state index in [4.69, 9.17) is 4.74 Å². The van der Waals surface area contributed by atoms with Gasteiger partial charge in [0.2, 0.25) is 0 Å². The van der Waals surface area contributed by atoms with Crippen LogP contribution in [0.25, 0.3) is 43.8 Å². The molecule has 0 N–H and O–H groups in total. The second kappa shape index (κ2) is 12.1. The molecule has 0 spiro atoms. The number of hydrogen-bond donors (Lipinski definition) is 0. The molecule has 0 unspecified atom stereocenters. The van der Waals surface area contributed by atoms with Crippen LogP contribution in [0.1, 0.15) is 70.4 Å². The van der Waals surface area contributed by atoms with Crippen molar-refractivity contribution in [1.29, 1.82) is 0 Å². The van der Waals surface area contributed by atoms with Crippen molar-refractivity contribution in [1.82, 2.24) is 0 Å². The summed E-state index contributed by atoms with van der Waals surface area (Å²) in [6.07, 6.45) is 7.70. The SMILES string of the molecule is CCCCCCCCOc1ccc(-c2ccc(-c3ccc4c(c3)C(C)(C)c3cc(-c5cccs5)ccc3-4)cc2)cc1. The standard InChI is InChI=1S/C39H40OS/c1-4-5-6-7-8-9-24-40-33-20-16-29(17-21-33)28-12-14-30(15-13-28)31-18-22-34-35-23-19-32(38-11-10-25-41-38)27-37(35)39(2,3)36(34)26-31/h10-23,25-27H,4-9,24H2,1-3H3. The highest BCUT2D eigenvalue weighted by Crippen LogP contribution is 2.50. The number of benzene rings is 4. The van der Waals surface area contributed by atoms with Crippen LogP contribution in [0, 0.1) is 0 Å². The van der Waals surface area contributed by atoms with Gasteiger partial charge in [0.15, 0.2) is 0 Å². The molecule has 1 nitrogen and oxygen atoms in total. The van der Waals surface area contributed by atoms with E-state index in [1.165, 1.54) is 87.1 Å². The van der Waals surface area contributed by atoms with Gasteiger partial charge < -0.3 is 4.74 Å². The zero-order chi connectivity index (χ0) is 28.2. The molecule has 4 aromatic carbocycles. The normalized spacial score (nSPS) is 13.1. The molecule has 0 amide bonds. The lowest BCUT2D eigenvalue weighted by molar-refractivity contribution is 0.304. The Morgan fingerprint density at radius 2 is 1.12 bits per heavy atom. The van der Waals surface area contributed by atoms with Crippen LogP contribution in [0.15, 0.2) is 102 Å². The van der Waals surface area contributed by atoms with Crippen LogP contribution in [-0.2, 0) is 5.41 Å². The lowest BCUT2D eigenvalue weighted by atomic mass is 9.81. The van der Waals surface area contributed by atoms with Crippen LogP contribution in [0.4, 0.5) is 0 Å². The smallest absolute Gasteiger partial charge is 0.119 e. The summed E-state index contributed by atoms with van der Waals surface area (Å²) in [5.74, 6) is 0.961. The van der Waals surface area contributed by atoms with Crippen molar-refractivity contribution in [3.05, 3.63) is 114 Å². The van der Waals surface area contributed by atoms with Crippen molar-refractivity contribution in [2.75, 3.05) is 6.61 Å². The third-order valence-electron chi connectivity index (χ3n) is 8.65. The van der Waals surface area contributed by atoms with Gasteiger partial charge in [0.25, 0.3) is 0 Å². The van der Waals surface area contributed by atoms with Crippen LogP contribution in [0.2, 0.25) is 0 Å². The molecule has 0 aliphatic heterocycles. The second-order valence-corrected chi connectivity index (χ2v) is 12.8. The van der Waals surface area contributed by atoms with Crippen molar-refractivity contribution in [2.45, 2.75) is 64.7 Å². The van der Waals surface area contributed by atoms with Gasteiger partial charge in [-0.25, -0.2) is 0 Å². The Labute approximate surface area is 249 Å². The first kappa shape index (κ1) is 27.5. The zero-order valence-corrected chi connectivity index (χ0v) is 25.4. The molecule has 0 saturated heterocycles. The van der Waals surface area contributed by atoms with Gasteiger partial charge in [0.1, 0.15) is 5.75 Å². The number of unbranched alkanes of at least 4 members (excludes halogenated alkanes) is 5. The Bertz CT molecular complexity index is 1590. The minimum Gasteiger partial charge on any atom is -0.494 e. The van der Waals surface area contributed by atoms with Crippen LogP contribution < -0.4 is 4.74 Å². The molecule has 0 saturated carbocycles. The largest absolute Gasteiger partial charge is 0.494 e. The fraction of sp³-hybridized carbons (Fsp3) is 0.282. The van der Waals surface area contributed by atoms with E-state index in [1.807, 2.05) is 0 Å². The maximum atomic E-state index is 5.98. The second-order valence-electron chi connectivity index (χ2n) is 11.8. The third-order valence-corrected chi connectivity index (χ3v) is 9.57. The summed E-state index contributed by atoms with van der Waals surface area (Å²) < 4.78 is 5.98. The highest BCUT2D eigenvalue weighted by molar-refractivity contribution is 7.13. The number of hydrogen-bond acceptors (Lipinski definition) is 2. The highest BCUT2D eigenvalue weighted by Gasteiger charge is 2.35. The van der Waals surface area contributed by atoms with Gasteiger partial charge >= 0.3 is 0 Å². The first-order chi connectivity index (χ1) is 20.0. The van der Waals surface area contributed by atoms with Crippen LogP contribution >= 0.6 is 11.3 Å². The van der Waals surface area contributed by atoms with Gasteiger partial charge in [-0.05, 0) is 92.2 Å². The Kier molecular flexibility index (Phi) is 8.12. The molecule has 1 heterocycles. The highest BCUT2D eigenvalue weighted by atomic mass is 32.1. The molecule has 0 radical (unpaired) electrons. The molecule has 1 aliphatic rings.